The summed E-state index contributed by atoms with van der Waals surface area (Å²) in [5.74, 6) is 0.240. The summed E-state index contributed by atoms with van der Waals surface area (Å²) < 4.78 is 64.6. The van der Waals surface area contributed by atoms with Gasteiger partial charge in [0.2, 0.25) is 10.0 Å². The lowest BCUT2D eigenvalue weighted by molar-refractivity contribution is -0.137. The first-order valence-electron chi connectivity index (χ1n) is 6.56. The number of nitrogens with one attached hydrogen (secondary N) is 1. The van der Waals surface area contributed by atoms with Crippen molar-refractivity contribution in [1.29, 1.82) is 0 Å². The maximum Gasteiger partial charge on any atom is 0.416 e. The van der Waals surface area contributed by atoms with Crippen LogP contribution in [-0.4, -0.2) is 15.0 Å². The first kappa shape index (κ1) is 16.6. The number of hydrogen-bond donors (Lipinski definition) is 1. The predicted octanol–water partition coefficient (Wildman–Crippen LogP) is 3.83. The van der Waals surface area contributed by atoms with Crippen molar-refractivity contribution in [2.24, 2.45) is 5.92 Å². The van der Waals surface area contributed by atoms with Crippen LogP contribution in [0.2, 0.25) is 5.02 Å². The fourth-order valence-corrected chi connectivity index (χ4v) is 4.05. The second-order valence-corrected chi connectivity index (χ2v) is 7.29. The Balaban J connectivity index is 2.22. The molecule has 21 heavy (non-hydrogen) atoms. The van der Waals surface area contributed by atoms with Crippen LogP contribution in [0.5, 0.6) is 0 Å². The highest BCUT2D eigenvalue weighted by Crippen LogP contribution is 2.33. The average molecular weight is 342 g/mol. The minimum Gasteiger partial charge on any atom is -0.211 e. The van der Waals surface area contributed by atoms with Gasteiger partial charge in [-0.2, -0.15) is 13.2 Å². The Bertz CT molecular complexity index is 610. The van der Waals surface area contributed by atoms with Crippen LogP contribution in [0.3, 0.4) is 0 Å². The Hall–Kier alpha value is -0.790. The number of benzene rings is 1. The summed E-state index contributed by atoms with van der Waals surface area (Å²) in [4.78, 5) is -0.531. The lowest BCUT2D eigenvalue weighted by atomic mass is 10.1. The Labute approximate surface area is 126 Å². The van der Waals surface area contributed by atoms with Crippen molar-refractivity contribution in [3.8, 4) is 0 Å². The third-order valence-electron chi connectivity index (χ3n) is 3.58. The molecule has 1 saturated carbocycles. The second-order valence-electron chi connectivity index (χ2n) is 5.15. The summed E-state index contributed by atoms with van der Waals surface area (Å²) >= 11 is 5.74. The van der Waals surface area contributed by atoms with Crippen LogP contribution in [-0.2, 0) is 16.2 Å². The Morgan fingerprint density at radius 2 is 1.86 bits per heavy atom. The third kappa shape index (κ3) is 4.11. The van der Waals surface area contributed by atoms with E-state index in [0.29, 0.717) is 6.07 Å². The molecule has 0 heterocycles. The third-order valence-corrected chi connectivity index (χ3v) is 5.49. The molecule has 1 aliphatic carbocycles. The maximum absolute atomic E-state index is 12.7. The number of halogens is 4. The molecule has 1 aliphatic rings. The Kier molecular flexibility index (Phi) is 4.85. The average Bonchev–Trinajstić information content (AvgIpc) is 2.88. The molecule has 0 aromatic heterocycles. The van der Waals surface area contributed by atoms with Gasteiger partial charge in [0.15, 0.2) is 0 Å². The van der Waals surface area contributed by atoms with E-state index in [4.69, 9.17) is 11.6 Å². The summed E-state index contributed by atoms with van der Waals surface area (Å²) in [7, 11) is -4.04. The molecule has 1 fully saturated rings. The highest BCUT2D eigenvalue weighted by molar-refractivity contribution is 7.89. The van der Waals surface area contributed by atoms with Gasteiger partial charge in [-0.05, 0) is 37.0 Å². The molecule has 3 nitrogen and oxygen atoms in total. The van der Waals surface area contributed by atoms with Gasteiger partial charge in [0.25, 0.3) is 0 Å². The standard InChI is InChI=1S/C13H15ClF3NO2S/c14-11-6-5-10(13(15,16)17)7-12(11)21(19,20)18-8-9-3-1-2-4-9/h5-7,9,18H,1-4,8H2. The zero-order valence-electron chi connectivity index (χ0n) is 11.1. The molecule has 0 aliphatic heterocycles. The molecule has 1 aromatic rings. The van der Waals surface area contributed by atoms with E-state index in [1.807, 2.05) is 0 Å². The highest BCUT2D eigenvalue weighted by atomic mass is 35.5. The Morgan fingerprint density at radius 1 is 1.24 bits per heavy atom. The zero-order valence-corrected chi connectivity index (χ0v) is 12.7. The minimum absolute atomic E-state index is 0.220. The molecule has 8 heteroatoms. The summed E-state index contributed by atoms with van der Waals surface area (Å²) in [5, 5.41) is -0.220. The van der Waals surface area contributed by atoms with Crippen LogP contribution in [0.25, 0.3) is 0 Å². The first-order chi connectivity index (χ1) is 9.70. The van der Waals surface area contributed by atoms with E-state index in [2.05, 4.69) is 4.72 Å². The fraction of sp³-hybridized carbons (Fsp3) is 0.538. The molecule has 0 saturated heterocycles. The predicted molar refractivity (Wildman–Crippen MR) is 73.6 cm³/mol. The molecule has 118 valence electrons. The SMILES string of the molecule is O=S(=O)(NCC1CCCC1)c1cc(C(F)(F)F)ccc1Cl. The van der Waals surface area contributed by atoms with Crippen molar-refractivity contribution in [3.63, 3.8) is 0 Å². The van der Waals surface area contributed by atoms with Crippen molar-refractivity contribution >= 4 is 21.6 Å². The van der Waals surface area contributed by atoms with Gasteiger partial charge in [0.05, 0.1) is 10.6 Å². The van der Waals surface area contributed by atoms with Crippen molar-refractivity contribution in [1.82, 2.24) is 4.72 Å². The smallest absolute Gasteiger partial charge is 0.211 e. The molecule has 0 bridgehead atoms. The quantitative estimate of drug-likeness (QED) is 0.904. The van der Waals surface area contributed by atoms with E-state index < -0.39 is 26.7 Å². The van der Waals surface area contributed by atoms with E-state index in [1.165, 1.54) is 0 Å². The van der Waals surface area contributed by atoms with Crippen LogP contribution in [0.15, 0.2) is 23.1 Å². The summed E-state index contributed by atoms with van der Waals surface area (Å²) in [6.45, 7) is 0.231. The molecule has 0 radical (unpaired) electrons. The number of rotatable bonds is 4. The van der Waals surface area contributed by atoms with Crippen molar-refractivity contribution in [2.75, 3.05) is 6.54 Å². The van der Waals surface area contributed by atoms with Gasteiger partial charge in [-0.25, -0.2) is 13.1 Å². The van der Waals surface area contributed by atoms with Gasteiger partial charge >= 0.3 is 6.18 Å². The molecule has 1 aromatic carbocycles. The van der Waals surface area contributed by atoms with Crippen molar-refractivity contribution < 1.29 is 21.6 Å². The van der Waals surface area contributed by atoms with Gasteiger partial charge < -0.3 is 0 Å². The molecule has 1 N–H and O–H groups in total. The molecule has 0 spiro atoms. The van der Waals surface area contributed by atoms with E-state index in [0.717, 1.165) is 37.8 Å². The summed E-state index contributed by atoms with van der Waals surface area (Å²) in [6, 6.07) is 2.28. The number of alkyl halides is 3. The molecule has 2 rings (SSSR count). The molecular weight excluding hydrogens is 327 g/mol. The Morgan fingerprint density at radius 3 is 2.43 bits per heavy atom. The van der Waals surface area contributed by atoms with Crippen molar-refractivity contribution in [2.45, 2.75) is 36.8 Å². The fourth-order valence-electron chi connectivity index (χ4n) is 2.41. The van der Waals surface area contributed by atoms with Crippen LogP contribution in [0.1, 0.15) is 31.2 Å². The molecule has 0 unspecified atom stereocenters. The van der Waals surface area contributed by atoms with Crippen molar-refractivity contribution in [3.05, 3.63) is 28.8 Å². The number of sulfonamides is 1. The monoisotopic (exact) mass is 341 g/mol. The van der Waals surface area contributed by atoms with Crippen LogP contribution in [0, 0.1) is 5.92 Å². The number of hydrogen-bond acceptors (Lipinski definition) is 2. The van der Waals surface area contributed by atoms with Crippen LogP contribution < -0.4 is 4.72 Å². The van der Waals surface area contributed by atoms with E-state index in [-0.39, 0.29) is 17.5 Å². The van der Waals surface area contributed by atoms with E-state index in [1.54, 1.807) is 0 Å². The molecule has 0 amide bonds. The maximum atomic E-state index is 12.7. The lowest BCUT2D eigenvalue weighted by Crippen LogP contribution is -2.29. The van der Waals surface area contributed by atoms with Gasteiger partial charge in [0, 0.05) is 6.54 Å². The largest absolute Gasteiger partial charge is 0.416 e. The van der Waals surface area contributed by atoms with Gasteiger partial charge in [0.1, 0.15) is 4.90 Å². The molecule has 0 atom stereocenters. The van der Waals surface area contributed by atoms with E-state index in [9.17, 15) is 21.6 Å². The van der Waals surface area contributed by atoms with E-state index >= 15 is 0 Å². The van der Waals surface area contributed by atoms with Gasteiger partial charge in [-0.15, -0.1) is 0 Å². The normalized spacial score (nSPS) is 17.3. The van der Waals surface area contributed by atoms with Gasteiger partial charge in [-0.3, -0.25) is 0 Å². The summed E-state index contributed by atoms with van der Waals surface area (Å²) in [6.07, 6.45) is -0.647. The minimum atomic E-state index is -4.61. The topological polar surface area (TPSA) is 46.2 Å². The summed E-state index contributed by atoms with van der Waals surface area (Å²) in [5.41, 5.74) is -1.03. The van der Waals surface area contributed by atoms with Crippen LogP contribution >= 0.6 is 11.6 Å². The molecular formula is C13H15ClF3NO2S. The lowest BCUT2D eigenvalue weighted by Gasteiger charge is -2.14. The van der Waals surface area contributed by atoms with Gasteiger partial charge in [-0.1, -0.05) is 24.4 Å². The second kappa shape index (κ2) is 6.14. The zero-order chi connectivity index (χ0) is 15.7. The first-order valence-corrected chi connectivity index (χ1v) is 8.42. The van der Waals surface area contributed by atoms with Crippen LogP contribution in [0.4, 0.5) is 13.2 Å². The highest BCUT2D eigenvalue weighted by Gasteiger charge is 2.32.